The fourth-order valence-electron chi connectivity index (χ4n) is 3.36. The molecule has 1 saturated heterocycles. The molecule has 0 bridgehead atoms. The Bertz CT molecular complexity index is 840. The topological polar surface area (TPSA) is 47.0 Å². The summed E-state index contributed by atoms with van der Waals surface area (Å²) >= 11 is 1.73. The van der Waals surface area contributed by atoms with Gasteiger partial charge in [0.25, 0.3) is 0 Å². The summed E-state index contributed by atoms with van der Waals surface area (Å²) in [5, 5.41) is 4.80. The predicted molar refractivity (Wildman–Crippen MR) is 98.7 cm³/mol. The van der Waals surface area contributed by atoms with E-state index in [0.29, 0.717) is 0 Å². The number of aryl methyl sites for hydroxylation is 2. The first-order valence-corrected chi connectivity index (χ1v) is 9.19. The van der Waals surface area contributed by atoms with Crippen LogP contribution in [0, 0.1) is 13.8 Å². The molecule has 0 spiro atoms. The molecule has 4 rings (SSSR count). The number of fused-ring (bicyclic) bond motifs is 1. The minimum atomic E-state index is 0.103. The van der Waals surface area contributed by atoms with Crippen molar-refractivity contribution >= 4 is 27.4 Å². The molecule has 3 heterocycles. The molecule has 1 N–H and O–H groups in total. The fourth-order valence-corrected chi connectivity index (χ4v) is 4.35. The van der Waals surface area contributed by atoms with Gasteiger partial charge in [-0.3, -0.25) is 0 Å². The lowest BCUT2D eigenvalue weighted by molar-refractivity contribution is 0.0953. The smallest absolute Gasteiger partial charge is 0.139 e. The molecular weight excluding hydrogens is 318 g/mol. The molecule has 2 aromatic heterocycles. The first-order chi connectivity index (χ1) is 11.7. The van der Waals surface area contributed by atoms with E-state index >= 15 is 0 Å². The Hall–Kier alpha value is -1.98. The van der Waals surface area contributed by atoms with E-state index in [1.54, 1.807) is 17.7 Å². The maximum atomic E-state index is 5.99. The number of nitrogens with zero attached hydrogens (tertiary/aromatic N) is 2. The van der Waals surface area contributed by atoms with E-state index in [1.165, 1.54) is 16.0 Å². The van der Waals surface area contributed by atoms with Crippen LogP contribution < -0.4 is 5.32 Å². The lowest BCUT2D eigenvalue weighted by Gasteiger charge is -2.25. The Morgan fingerprint density at radius 2 is 2.04 bits per heavy atom. The van der Waals surface area contributed by atoms with E-state index in [-0.39, 0.29) is 12.1 Å². The van der Waals surface area contributed by atoms with Crippen LogP contribution in [0.3, 0.4) is 0 Å². The van der Waals surface area contributed by atoms with Gasteiger partial charge in [0.2, 0.25) is 0 Å². The highest BCUT2D eigenvalue weighted by molar-refractivity contribution is 7.18. The lowest BCUT2D eigenvalue weighted by Crippen LogP contribution is -2.25. The average Bonchev–Trinajstić information content (AvgIpc) is 3.23. The van der Waals surface area contributed by atoms with Crippen LogP contribution in [0.4, 0.5) is 5.82 Å². The zero-order valence-corrected chi connectivity index (χ0v) is 14.8. The van der Waals surface area contributed by atoms with E-state index in [4.69, 9.17) is 4.74 Å². The maximum absolute atomic E-state index is 5.99. The number of ether oxygens (including phenoxy) is 1. The first-order valence-electron chi connectivity index (χ1n) is 8.38. The molecule has 0 aliphatic carbocycles. The van der Waals surface area contributed by atoms with Crippen LogP contribution in [0.15, 0.2) is 36.7 Å². The van der Waals surface area contributed by atoms with Crippen LogP contribution in [-0.2, 0) is 4.74 Å². The van der Waals surface area contributed by atoms with Crippen LogP contribution in [0.25, 0.3) is 10.2 Å². The summed E-state index contributed by atoms with van der Waals surface area (Å²) in [4.78, 5) is 11.3. The molecule has 0 saturated carbocycles. The number of rotatable bonds is 4. The third-order valence-corrected chi connectivity index (χ3v) is 5.87. The van der Waals surface area contributed by atoms with Gasteiger partial charge in [-0.2, -0.15) is 0 Å². The number of benzene rings is 1. The second-order valence-corrected chi connectivity index (χ2v) is 7.47. The van der Waals surface area contributed by atoms with Gasteiger partial charge in [0, 0.05) is 11.5 Å². The summed E-state index contributed by atoms with van der Waals surface area (Å²) in [6, 6.07) is 10.6. The van der Waals surface area contributed by atoms with Crippen molar-refractivity contribution in [1.82, 2.24) is 9.97 Å². The van der Waals surface area contributed by atoms with E-state index in [9.17, 15) is 0 Å². The molecule has 4 nitrogen and oxygen atoms in total. The van der Waals surface area contributed by atoms with Gasteiger partial charge in [-0.15, -0.1) is 11.3 Å². The highest BCUT2D eigenvalue weighted by Crippen LogP contribution is 2.36. The van der Waals surface area contributed by atoms with Crippen molar-refractivity contribution in [2.24, 2.45) is 0 Å². The monoisotopic (exact) mass is 339 g/mol. The van der Waals surface area contributed by atoms with Crippen molar-refractivity contribution in [1.29, 1.82) is 0 Å². The summed E-state index contributed by atoms with van der Waals surface area (Å²) in [6.07, 6.45) is 4.02. The molecule has 0 unspecified atom stereocenters. The van der Waals surface area contributed by atoms with Gasteiger partial charge in [0.1, 0.15) is 17.0 Å². The third kappa shape index (κ3) is 2.78. The zero-order chi connectivity index (χ0) is 16.5. The molecule has 3 aromatic rings. The van der Waals surface area contributed by atoms with Gasteiger partial charge in [-0.05, 0) is 37.8 Å². The second-order valence-electron chi connectivity index (χ2n) is 6.27. The van der Waals surface area contributed by atoms with Gasteiger partial charge in [0.15, 0.2) is 0 Å². The predicted octanol–water partition coefficient (Wildman–Crippen LogP) is 4.64. The minimum absolute atomic E-state index is 0.103. The van der Waals surface area contributed by atoms with Crippen LogP contribution in [0.2, 0.25) is 0 Å². The number of anilines is 1. The summed E-state index contributed by atoms with van der Waals surface area (Å²) in [5.41, 5.74) is 2.50. The highest BCUT2D eigenvalue weighted by Gasteiger charge is 2.28. The van der Waals surface area contributed by atoms with E-state index in [0.717, 1.165) is 35.5 Å². The van der Waals surface area contributed by atoms with Gasteiger partial charge in [0.05, 0.1) is 17.5 Å². The molecule has 1 aliphatic heterocycles. The van der Waals surface area contributed by atoms with E-state index < -0.39 is 0 Å². The quantitative estimate of drug-likeness (QED) is 0.752. The molecule has 1 aliphatic rings. The molecule has 24 heavy (non-hydrogen) atoms. The minimum Gasteiger partial charge on any atom is -0.376 e. The van der Waals surface area contributed by atoms with Crippen molar-refractivity contribution in [3.05, 3.63) is 52.7 Å². The Morgan fingerprint density at radius 3 is 2.79 bits per heavy atom. The lowest BCUT2D eigenvalue weighted by atomic mass is 9.99. The summed E-state index contributed by atoms with van der Waals surface area (Å²) in [5.74, 6) is 0.909. The van der Waals surface area contributed by atoms with Gasteiger partial charge in [-0.1, -0.05) is 30.3 Å². The van der Waals surface area contributed by atoms with Crippen LogP contribution in [-0.4, -0.2) is 22.7 Å². The van der Waals surface area contributed by atoms with Gasteiger partial charge in [-0.25, -0.2) is 9.97 Å². The maximum Gasteiger partial charge on any atom is 0.139 e. The number of hydrogen-bond acceptors (Lipinski definition) is 5. The van der Waals surface area contributed by atoms with Crippen LogP contribution in [0.5, 0.6) is 0 Å². The largest absolute Gasteiger partial charge is 0.376 e. The number of hydrogen-bond donors (Lipinski definition) is 1. The van der Waals surface area contributed by atoms with E-state index in [2.05, 4.69) is 53.4 Å². The van der Waals surface area contributed by atoms with Crippen molar-refractivity contribution in [3.63, 3.8) is 0 Å². The second kappa shape index (κ2) is 6.49. The molecule has 2 atom stereocenters. The molecule has 0 amide bonds. The summed E-state index contributed by atoms with van der Waals surface area (Å²) in [7, 11) is 0. The molecule has 1 aromatic carbocycles. The van der Waals surface area contributed by atoms with Gasteiger partial charge < -0.3 is 10.1 Å². The number of aromatic nitrogens is 2. The Labute approximate surface area is 145 Å². The molecule has 5 heteroatoms. The van der Waals surface area contributed by atoms with Crippen LogP contribution in [0.1, 0.15) is 34.9 Å². The standard InChI is InChI=1S/C19H21N3OS/c1-12-13(2)24-19-16(12)18(20-11-21-19)22-17(15-9-6-10-23-15)14-7-4-3-5-8-14/h3-5,7-8,11,15,17H,6,9-10H2,1-2H3,(H,20,21,22)/t15-,17+/m0/s1. The van der Waals surface area contributed by atoms with E-state index in [1.807, 2.05) is 6.07 Å². The Morgan fingerprint density at radius 1 is 1.21 bits per heavy atom. The molecular formula is C19H21N3OS. The molecule has 1 fully saturated rings. The van der Waals surface area contributed by atoms with Crippen molar-refractivity contribution in [3.8, 4) is 0 Å². The van der Waals surface area contributed by atoms with Crippen molar-refractivity contribution < 1.29 is 4.74 Å². The average molecular weight is 339 g/mol. The van der Waals surface area contributed by atoms with Crippen LogP contribution >= 0.6 is 11.3 Å². The number of nitrogens with one attached hydrogen (secondary N) is 1. The Balaban J connectivity index is 1.75. The fraction of sp³-hybridized carbons (Fsp3) is 0.368. The zero-order valence-electron chi connectivity index (χ0n) is 14.0. The molecule has 0 radical (unpaired) electrons. The normalized spacial score (nSPS) is 18.8. The Kier molecular flexibility index (Phi) is 4.21. The summed E-state index contributed by atoms with van der Waals surface area (Å²) < 4.78 is 5.99. The third-order valence-electron chi connectivity index (χ3n) is 4.75. The highest BCUT2D eigenvalue weighted by atomic mass is 32.1. The SMILES string of the molecule is Cc1sc2ncnc(N[C@H](c3ccccc3)[C@@H]3CCCO3)c2c1C. The molecule has 124 valence electrons. The first kappa shape index (κ1) is 15.5. The van der Waals surface area contributed by atoms with Gasteiger partial charge >= 0.3 is 0 Å². The summed E-state index contributed by atoms with van der Waals surface area (Å²) in [6.45, 7) is 5.12. The van der Waals surface area contributed by atoms with Crippen molar-refractivity contribution in [2.75, 3.05) is 11.9 Å². The van der Waals surface area contributed by atoms with Crippen molar-refractivity contribution in [2.45, 2.75) is 38.8 Å². The number of thiophene rings is 1.